The molecule has 0 bridgehead atoms. The third kappa shape index (κ3) is 4.97. The van der Waals surface area contributed by atoms with Crippen LogP contribution in [0.3, 0.4) is 0 Å². The van der Waals surface area contributed by atoms with Gasteiger partial charge in [0.15, 0.2) is 0 Å². The van der Waals surface area contributed by atoms with Crippen LogP contribution < -0.4 is 10.2 Å². The second-order valence-electron chi connectivity index (χ2n) is 8.25. The molecule has 2 aromatic rings. The van der Waals surface area contributed by atoms with Crippen molar-refractivity contribution in [1.29, 1.82) is 0 Å². The Labute approximate surface area is 189 Å². The fourth-order valence-electron chi connectivity index (χ4n) is 4.17. The molecule has 1 unspecified atom stereocenters. The van der Waals surface area contributed by atoms with Gasteiger partial charge in [-0.2, -0.15) is 9.40 Å². The van der Waals surface area contributed by atoms with E-state index in [9.17, 15) is 13.2 Å². The van der Waals surface area contributed by atoms with Crippen LogP contribution in [0.1, 0.15) is 38.6 Å². The predicted molar refractivity (Wildman–Crippen MR) is 122 cm³/mol. The topological polar surface area (TPSA) is 96.8 Å². The summed E-state index contributed by atoms with van der Waals surface area (Å²) in [5.41, 5.74) is 1.37. The van der Waals surface area contributed by atoms with Crippen LogP contribution in [0, 0.1) is 0 Å². The molecule has 0 radical (unpaired) electrons. The smallest absolute Gasteiger partial charge is 0.249 e. The van der Waals surface area contributed by atoms with Crippen LogP contribution in [0.5, 0.6) is 0 Å². The molecule has 2 aliphatic heterocycles. The Morgan fingerprint density at radius 1 is 1.09 bits per heavy atom. The first-order valence-corrected chi connectivity index (χ1v) is 12.7. The fraction of sp³-hybridized carbons (Fsp3) is 0.545. The number of amides is 1. The van der Waals surface area contributed by atoms with Crippen molar-refractivity contribution in [2.45, 2.75) is 43.5 Å². The fourth-order valence-corrected chi connectivity index (χ4v) is 5.60. The highest BCUT2D eigenvalue weighted by molar-refractivity contribution is 7.89. The summed E-state index contributed by atoms with van der Waals surface area (Å²) in [6.07, 6.45) is 7.87. The van der Waals surface area contributed by atoms with Crippen molar-refractivity contribution in [2.75, 3.05) is 49.6 Å². The van der Waals surface area contributed by atoms with Gasteiger partial charge in [0.2, 0.25) is 15.9 Å². The lowest BCUT2D eigenvalue weighted by Crippen LogP contribution is -2.40. The van der Waals surface area contributed by atoms with Gasteiger partial charge in [-0.25, -0.2) is 8.42 Å². The summed E-state index contributed by atoms with van der Waals surface area (Å²) in [6.45, 7) is 4.96. The lowest BCUT2D eigenvalue weighted by molar-refractivity contribution is -0.119. The number of ether oxygens (including phenoxy) is 1. The zero-order chi connectivity index (χ0) is 22.6. The van der Waals surface area contributed by atoms with Crippen LogP contribution in [0.2, 0.25) is 0 Å². The third-order valence-corrected chi connectivity index (χ3v) is 7.98. The summed E-state index contributed by atoms with van der Waals surface area (Å²) >= 11 is 0. The average Bonchev–Trinajstić information content (AvgIpc) is 3.22. The lowest BCUT2D eigenvalue weighted by atomic mass is 10.2. The normalized spacial score (nSPS) is 19.3. The Balaban J connectivity index is 1.66. The van der Waals surface area contributed by atoms with Crippen LogP contribution in [-0.2, 0) is 19.6 Å². The van der Waals surface area contributed by atoms with Gasteiger partial charge in [-0.1, -0.05) is 12.8 Å². The number of nitrogens with zero attached hydrogens (tertiary/aromatic N) is 4. The van der Waals surface area contributed by atoms with E-state index in [0.717, 1.165) is 31.6 Å². The summed E-state index contributed by atoms with van der Waals surface area (Å²) in [5, 5.41) is 7.14. The number of benzene rings is 1. The van der Waals surface area contributed by atoms with E-state index >= 15 is 0 Å². The molecule has 4 rings (SSSR count). The van der Waals surface area contributed by atoms with Gasteiger partial charge >= 0.3 is 0 Å². The molecule has 0 spiro atoms. The molecule has 9 nitrogen and oxygen atoms in total. The predicted octanol–water partition coefficient (Wildman–Crippen LogP) is 2.48. The Morgan fingerprint density at radius 2 is 1.81 bits per heavy atom. The summed E-state index contributed by atoms with van der Waals surface area (Å²) in [4.78, 5) is 15.4. The third-order valence-electron chi connectivity index (χ3n) is 6.08. The largest absolute Gasteiger partial charge is 0.379 e. The summed E-state index contributed by atoms with van der Waals surface area (Å²) < 4.78 is 34.8. The average molecular weight is 462 g/mol. The monoisotopic (exact) mass is 461 g/mol. The van der Waals surface area contributed by atoms with E-state index in [4.69, 9.17) is 4.74 Å². The van der Waals surface area contributed by atoms with Crippen molar-refractivity contribution < 1.29 is 17.9 Å². The van der Waals surface area contributed by atoms with Crippen LogP contribution in [0.25, 0.3) is 0 Å². The van der Waals surface area contributed by atoms with Gasteiger partial charge in [-0.3, -0.25) is 9.48 Å². The maximum absolute atomic E-state index is 13.2. The molecule has 3 heterocycles. The molecule has 0 saturated carbocycles. The Hall–Kier alpha value is -2.43. The minimum absolute atomic E-state index is 0.181. The molecule has 2 saturated heterocycles. The van der Waals surface area contributed by atoms with E-state index in [0.29, 0.717) is 32.0 Å². The Bertz CT molecular complexity index is 1010. The molecule has 1 N–H and O–H groups in total. The van der Waals surface area contributed by atoms with Crippen molar-refractivity contribution in [3.8, 4) is 0 Å². The van der Waals surface area contributed by atoms with Gasteiger partial charge in [-0.15, -0.1) is 0 Å². The van der Waals surface area contributed by atoms with Crippen LogP contribution >= 0.6 is 0 Å². The van der Waals surface area contributed by atoms with Gasteiger partial charge in [0.25, 0.3) is 0 Å². The van der Waals surface area contributed by atoms with Crippen LogP contribution in [-0.4, -0.2) is 67.8 Å². The zero-order valence-electron chi connectivity index (χ0n) is 18.4. The number of hydrogen-bond donors (Lipinski definition) is 1. The van der Waals surface area contributed by atoms with Crippen molar-refractivity contribution in [1.82, 2.24) is 14.1 Å². The SMILES string of the molecule is CC(C(=O)Nc1cc(S(=O)(=O)N2CCOCC2)ccc1N1CCCCCC1)n1cccn1. The van der Waals surface area contributed by atoms with Gasteiger partial charge in [0.1, 0.15) is 6.04 Å². The summed E-state index contributed by atoms with van der Waals surface area (Å²) in [5.74, 6) is -0.245. The molecule has 32 heavy (non-hydrogen) atoms. The minimum Gasteiger partial charge on any atom is -0.379 e. The van der Waals surface area contributed by atoms with Crippen molar-refractivity contribution in [3.63, 3.8) is 0 Å². The molecule has 2 aliphatic rings. The maximum Gasteiger partial charge on any atom is 0.249 e. The molecular formula is C22H31N5O4S. The minimum atomic E-state index is -3.67. The highest BCUT2D eigenvalue weighted by Gasteiger charge is 2.28. The molecule has 1 aromatic carbocycles. The molecule has 2 fully saturated rings. The Kier molecular flexibility index (Phi) is 7.12. The first kappa shape index (κ1) is 22.8. The van der Waals surface area contributed by atoms with E-state index in [2.05, 4.69) is 15.3 Å². The Morgan fingerprint density at radius 3 is 2.47 bits per heavy atom. The van der Waals surface area contributed by atoms with Gasteiger partial charge in [0, 0.05) is 38.6 Å². The molecule has 1 aromatic heterocycles. The number of anilines is 2. The molecule has 1 amide bonds. The van der Waals surface area contributed by atoms with Gasteiger partial charge in [-0.05, 0) is 44.0 Å². The molecule has 10 heteroatoms. The lowest BCUT2D eigenvalue weighted by Gasteiger charge is -2.28. The van der Waals surface area contributed by atoms with E-state index < -0.39 is 16.1 Å². The summed E-state index contributed by atoms with van der Waals surface area (Å²) in [6, 6.07) is 6.31. The number of sulfonamides is 1. The number of morpholine rings is 1. The number of rotatable bonds is 6. The maximum atomic E-state index is 13.2. The van der Waals surface area contributed by atoms with Crippen LogP contribution in [0.15, 0.2) is 41.6 Å². The van der Waals surface area contributed by atoms with E-state index in [1.54, 1.807) is 42.2 Å². The van der Waals surface area contributed by atoms with Crippen molar-refractivity contribution in [3.05, 3.63) is 36.7 Å². The molecule has 1 atom stereocenters. The number of nitrogens with one attached hydrogen (secondary N) is 1. The number of hydrogen-bond acceptors (Lipinski definition) is 6. The zero-order valence-corrected chi connectivity index (χ0v) is 19.3. The van der Waals surface area contributed by atoms with E-state index in [-0.39, 0.29) is 10.8 Å². The van der Waals surface area contributed by atoms with Gasteiger partial charge < -0.3 is 15.0 Å². The van der Waals surface area contributed by atoms with Gasteiger partial charge in [0.05, 0.1) is 29.5 Å². The van der Waals surface area contributed by atoms with Crippen molar-refractivity contribution >= 4 is 27.3 Å². The number of carbonyl (C=O) groups excluding carboxylic acids is 1. The standard InChI is InChI=1S/C22H31N5O4S/c1-18(27-12-6-9-23-27)22(28)24-20-17-19(32(29,30)26-13-15-31-16-14-26)7-8-21(20)25-10-4-2-3-5-11-25/h6-9,12,17-18H,2-5,10-11,13-16H2,1H3,(H,24,28). The quantitative estimate of drug-likeness (QED) is 0.710. The number of carbonyl (C=O) groups is 1. The molecule has 0 aliphatic carbocycles. The van der Waals surface area contributed by atoms with E-state index in [1.165, 1.54) is 17.1 Å². The summed E-state index contributed by atoms with van der Waals surface area (Å²) in [7, 11) is -3.67. The first-order chi connectivity index (χ1) is 15.5. The molecular weight excluding hydrogens is 430 g/mol. The highest BCUT2D eigenvalue weighted by atomic mass is 32.2. The molecule has 174 valence electrons. The van der Waals surface area contributed by atoms with Crippen LogP contribution in [0.4, 0.5) is 11.4 Å². The second-order valence-corrected chi connectivity index (χ2v) is 10.2. The van der Waals surface area contributed by atoms with E-state index in [1.807, 2.05) is 6.07 Å². The second kappa shape index (κ2) is 10.0. The van der Waals surface area contributed by atoms with Crippen molar-refractivity contribution in [2.24, 2.45) is 0 Å². The highest BCUT2D eigenvalue weighted by Crippen LogP contribution is 2.32. The first-order valence-electron chi connectivity index (χ1n) is 11.2. The number of aromatic nitrogens is 2.